The van der Waals surface area contributed by atoms with E-state index < -0.39 is 23.1 Å². The highest BCUT2D eigenvalue weighted by Crippen LogP contribution is 2.75. The zero-order chi connectivity index (χ0) is 46.9. The molecule has 4 saturated carbocycles. The number of aliphatic hydroxyl groups is 2. The molecule has 12 unspecified atom stereocenters. The van der Waals surface area contributed by atoms with Crippen molar-refractivity contribution in [2.24, 2.45) is 63.2 Å². The Hall–Kier alpha value is -3.09. The lowest BCUT2D eigenvalue weighted by Gasteiger charge is -2.71. The van der Waals surface area contributed by atoms with Crippen LogP contribution in [-0.4, -0.2) is 87.3 Å². The Morgan fingerprint density at radius 1 is 0.923 bits per heavy atom. The monoisotopic (exact) mass is 955 g/mol. The number of aromatic nitrogens is 2. The summed E-state index contributed by atoms with van der Waals surface area (Å²) in [6.07, 6.45) is 16.6. The van der Waals surface area contributed by atoms with Crippen molar-refractivity contribution in [3.8, 4) is 0 Å². The highest BCUT2D eigenvalue weighted by molar-refractivity contribution is 9.10. The lowest BCUT2D eigenvalue weighted by atomic mass is 9.33. The number of carboxylic acids is 1. The summed E-state index contributed by atoms with van der Waals surface area (Å²) in [5.41, 5.74) is 4.19. The molecule has 3 heterocycles. The third-order valence-corrected chi connectivity index (χ3v) is 20.4. The summed E-state index contributed by atoms with van der Waals surface area (Å²) in [6.45, 7) is 17.6. The number of fused-ring (bicyclic) bond motifs is 9. The number of likely N-dealkylation sites (N-methyl/N-ethyl adjacent to an activating group) is 1. The summed E-state index contributed by atoms with van der Waals surface area (Å²) >= 11 is 3.35. The van der Waals surface area contributed by atoms with Crippen LogP contribution in [0.5, 0.6) is 0 Å². The summed E-state index contributed by atoms with van der Waals surface area (Å²) in [6, 6.07) is 8.47. The minimum Gasteiger partial charge on any atom is -0.481 e. The Kier molecular flexibility index (Phi) is 11.6. The Labute approximate surface area is 395 Å². The molecular formula is C54H74BrN3O7. The summed E-state index contributed by atoms with van der Waals surface area (Å²) in [4.78, 5) is 31.8. The van der Waals surface area contributed by atoms with E-state index in [0.29, 0.717) is 36.8 Å². The van der Waals surface area contributed by atoms with Gasteiger partial charge in [0.1, 0.15) is 11.0 Å². The molecule has 0 bridgehead atoms. The first-order valence-corrected chi connectivity index (χ1v) is 25.2. The average molecular weight is 957 g/mol. The number of hydrogen-bond acceptors (Lipinski definition) is 8. The molecule has 1 aliphatic heterocycles. The first kappa shape index (κ1) is 47.0. The van der Waals surface area contributed by atoms with Gasteiger partial charge in [-0.25, -0.2) is 4.79 Å². The Morgan fingerprint density at radius 2 is 1.68 bits per heavy atom. The number of likely N-dealkylation sites (tertiary alicyclic amines) is 1. The smallest absolute Gasteiger partial charge is 0.339 e. The van der Waals surface area contributed by atoms with Gasteiger partial charge in [0, 0.05) is 66.6 Å². The fraction of sp³-hybridized carbons (Fsp3) is 0.685. The molecule has 11 heteroatoms. The number of halogens is 1. The lowest BCUT2D eigenvalue weighted by Crippen LogP contribution is -2.67. The summed E-state index contributed by atoms with van der Waals surface area (Å²) in [5, 5.41) is 34.4. The molecule has 6 aliphatic carbocycles. The van der Waals surface area contributed by atoms with Gasteiger partial charge < -0.3 is 29.4 Å². The second-order valence-corrected chi connectivity index (χ2v) is 24.9. The van der Waals surface area contributed by atoms with E-state index in [1.54, 1.807) is 12.3 Å². The van der Waals surface area contributed by atoms with E-state index >= 15 is 0 Å². The molecule has 5 fully saturated rings. The van der Waals surface area contributed by atoms with Gasteiger partial charge in [0.15, 0.2) is 0 Å². The molecule has 65 heavy (non-hydrogen) atoms. The molecule has 12 atom stereocenters. The van der Waals surface area contributed by atoms with E-state index in [9.17, 15) is 24.9 Å². The zero-order valence-electron chi connectivity index (χ0n) is 40.5. The van der Waals surface area contributed by atoms with E-state index in [2.05, 4.69) is 123 Å². The van der Waals surface area contributed by atoms with E-state index in [-0.39, 0.29) is 57.0 Å². The Balaban J connectivity index is 0.000000165. The number of rotatable bonds is 5. The quantitative estimate of drug-likeness (QED) is 0.169. The molecule has 7 aliphatic rings. The molecular weight excluding hydrogens is 883 g/mol. The number of methoxy groups -OCH3 is 1. The molecule has 354 valence electrons. The Bertz CT molecular complexity index is 2410. The van der Waals surface area contributed by atoms with Crippen LogP contribution < -0.4 is 0 Å². The number of carbonyl (C=O) groups excluding carboxylic acids is 1. The summed E-state index contributed by atoms with van der Waals surface area (Å²) < 4.78 is 15.0. The normalized spacial score (nSPS) is 40.1. The minimum atomic E-state index is -1.04. The van der Waals surface area contributed by atoms with Crippen molar-refractivity contribution in [2.75, 3.05) is 27.3 Å². The van der Waals surface area contributed by atoms with Gasteiger partial charge in [-0.3, -0.25) is 14.7 Å². The van der Waals surface area contributed by atoms with Crippen molar-refractivity contribution in [3.63, 3.8) is 0 Å². The van der Waals surface area contributed by atoms with E-state index in [1.165, 1.54) is 33.8 Å². The predicted octanol–water partition coefficient (Wildman–Crippen LogP) is 10.1. The van der Waals surface area contributed by atoms with E-state index in [4.69, 9.17) is 9.47 Å². The van der Waals surface area contributed by atoms with Crippen molar-refractivity contribution in [3.05, 3.63) is 75.7 Å². The van der Waals surface area contributed by atoms with Gasteiger partial charge >= 0.3 is 11.9 Å². The van der Waals surface area contributed by atoms with Crippen LogP contribution in [0.2, 0.25) is 0 Å². The number of hydrogen-bond donors (Lipinski definition) is 3. The minimum absolute atomic E-state index is 0.0218. The van der Waals surface area contributed by atoms with Crippen LogP contribution in [0, 0.1) is 56.2 Å². The number of pyridine rings is 1. The third-order valence-electron chi connectivity index (χ3n) is 20.0. The molecule has 0 radical (unpaired) electrons. The molecule has 1 saturated heterocycles. The van der Waals surface area contributed by atoms with Crippen LogP contribution in [-0.2, 0) is 33.3 Å². The molecule has 0 spiro atoms. The fourth-order valence-corrected chi connectivity index (χ4v) is 16.7. The number of allylic oxidation sites excluding steroid dienone is 2. The number of aliphatic carboxylic acids is 1. The predicted molar refractivity (Wildman–Crippen MR) is 256 cm³/mol. The van der Waals surface area contributed by atoms with Gasteiger partial charge in [-0.15, -0.1) is 0 Å². The molecule has 2 aromatic heterocycles. The Morgan fingerprint density at radius 3 is 2.38 bits per heavy atom. The summed E-state index contributed by atoms with van der Waals surface area (Å²) in [5.74, 6) is -0.0854. The first-order chi connectivity index (χ1) is 30.5. The van der Waals surface area contributed by atoms with Crippen LogP contribution in [0.3, 0.4) is 0 Å². The average Bonchev–Trinajstić information content (AvgIpc) is 3.57. The standard InChI is InChI=1S/C30H48O4.C24H26BrN3O3/c1-25(2)14-15-30(24(33)34)19(16-25)18-8-9-21-27(5)12-11-22(31)26(3,4)20(27)10-13-28(21,6)29(18,7)17-23(30)32;1-27-13-17-8-21-24(30-3,19-5-4-6-20(27)22(17)19)9-15(12-28(21)2)14-31-23(29)16-7-18(25)11-26-10-16/h8,19-23,31-32H,9-17H2,1-7H3,(H,33,34);4-7,10-11,13,15,21H,8-9,12,14H2,1-3H3. The van der Waals surface area contributed by atoms with E-state index in [1.807, 2.05) is 7.11 Å². The number of esters is 1. The van der Waals surface area contributed by atoms with Gasteiger partial charge in [0.25, 0.3) is 0 Å². The van der Waals surface area contributed by atoms with Crippen LogP contribution in [0.25, 0.3) is 10.9 Å². The molecule has 10 nitrogen and oxygen atoms in total. The molecule has 10 rings (SSSR count). The molecule has 3 aromatic rings. The van der Waals surface area contributed by atoms with Crippen molar-refractivity contribution >= 4 is 38.8 Å². The SMILES string of the molecule is CC1(C)CCC2(C(=O)O)C(O)CC3(C)C(=CCC4C5(C)CCC(O)C(C)(C)C5CCC43C)C2C1.COC12CC(COC(=O)c3cncc(Br)c3)CN(C)C1Cc1cn(C)c3cccc2c13. The number of ether oxygens (including phenoxy) is 2. The number of piperidine rings is 1. The van der Waals surface area contributed by atoms with Crippen molar-refractivity contribution in [1.82, 2.24) is 14.5 Å². The molecule has 0 amide bonds. The highest BCUT2D eigenvalue weighted by Gasteiger charge is 2.71. The third kappa shape index (κ3) is 6.91. The van der Waals surface area contributed by atoms with Crippen LogP contribution in [0.15, 0.2) is 59.0 Å². The molecule has 3 N–H and O–H groups in total. The number of aliphatic hydroxyl groups excluding tert-OH is 2. The van der Waals surface area contributed by atoms with Gasteiger partial charge in [-0.1, -0.05) is 72.2 Å². The van der Waals surface area contributed by atoms with Crippen molar-refractivity contribution in [1.29, 1.82) is 0 Å². The number of benzene rings is 1. The van der Waals surface area contributed by atoms with Crippen LogP contribution in [0.1, 0.15) is 134 Å². The summed E-state index contributed by atoms with van der Waals surface area (Å²) in [7, 11) is 6.07. The number of aryl methyl sites for hydroxylation is 1. The van der Waals surface area contributed by atoms with Gasteiger partial charge in [-0.2, -0.15) is 0 Å². The number of carbonyl (C=O) groups is 2. The topological polar surface area (TPSA) is 134 Å². The maximum absolute atomic E-state index is 12.8. The first-order valence-electron chi connectivity index (χ1n) is 24.4. The zero-order valence-corrected chi connectivity index (χ0v) is 42.1. The van der Waals surface area contributed by atoms with Crippen LogP contribution in [0.4, 0.5) is 0 Å². The fourth-order valence-electron chi connectivity index (χ4n) is 16.3. The van der Waals surface area contributed by atoms with Gasteiger partial charge in [0.2, 0.25) is 0 Å². The maximum atomic E-state index is 12.8. The second-order valence-electron chi connectivity index (χ2n) is 23.9. The second kappa shape index (κ2) is 16.0. The van der Waals surface area contributed by atoms with Gasteiger partial charge in [-0.05, 0) is 162 Å². The van der Waals surface area contributed by atoms with Gasteiger partial charge in [0.05, 0.1) is 24.4 Å². The maximum Gasteiger partial charge on any atom is 0.339 e. The van der Waals surface area contributed by atoms with Crippen LogP contribution >= 0.6 is 15.9 Å². The number of carboxylic acid groups (broad SMARTS) is 1. The van der Waals surface area contributed by atoms with Crippen molar-refractivity contribution in [2.45, 2.75) is 143 Å². The van der Waals surface area contributed by atoms with E-state index in [0.717, 1.165) is 68.8 Å². The number of nitrogens with zero attached hydrogens (tertiary/aromatic N) is 3. The largest absolute Gasteiger partial charge is 0.481 e. The highest BCUT2D eigenvalue weighted by atomic mass is 79.9. The van der Waals surface area contributed by atoms with Crippen molar-refractivity contribution < 1.29 is 34.4 Å². The molecule has 1 aromatic carbocycles. The lowest BCUT2D eigenvalue weighted by molar-refractivity contribution is -0.218.